The first-order valence-electron chi connectivity index (χ1n) is 11.0. The van der Waals surface area contributed by atoms with E-state index in [2.05, 4.69) is 0 Å². The van der Waals surface area contributed by atoms with E-state index in [0.717, 1.165) is 31.6 Å². The number of halogens is 2. The topological polar surface area (TPSA) is 81.6 Å². The lowest BCUT2D eigenvalue weighted by Gasteiger charge is -2.17. The number of carbonyl (C=O) groups is 1. The second kappa shape index (κ2) is 10.0. The van der Waals surface area contributed by atoms with Gasteiger partial charge in [-0.05, 0) is 33.2 Å². The minimum Gasteiger partial charge on any atom is -0.479 e. The van der Waals surface area contributed by atoms with E-state index in [4.69, 9.17) is 23.2 Å². The number of nitrogens with zero attached hydrogens (tertiary/aromatic N) is 1. The van der Waals surface area contributed by atoms with Crippen molar-refractivity contribution in [3.63, 3.8) is 0 Å². The number of hydrogen-bond acceptors (Lipinski definition) is 4. The predicted octanol–water partition coefficient (Wildman–Crippen LogP) is 6.60. The smallest absolute Gasteiger partial charge is 0.337 e. The fraction of sp³-hybridized carbons (Fsp3) is 0.0714. The predicted molar refractivity (Wildman–Crippen MR) is 146 cm³/mol. The Morgan fingerprint density at radius 1 is 0.917 bits per heavy atom. The number of hydrogen-bond donors (Lipinski definition) is 3. The van der Waals surface area contributed by atoms with Crippen LogP contribution in [0.5, 0.6) is 0 Å². The number of carboxylic acid groups (broad SMARTS) is 1. The average Bonchev–Trinajstić information content (AvgIpc) is 3.21. The van der Waals surface area contributed by atoms with Crippen LogP contribution in [0.3, 0.4) is 0 Å². The minimum atomic E-state index is -1.64. The molecule has 36 heavy (non-hydrogen) atoms. The molecule has 0 fully saturated rings. The van der Waals surface area contributed by atoms with Gasteiger partial charge in [0.1, 0.15) is 4.70 Å². The molecule has 1 unspecified atom stereocenters. The van der Waals surface area contributed by atoms with Gasteiger partial charge in [-0.3, -0.25) is 0 Å². The maximum atomic E-state index is 11.7. The summed E-state index contributed by atoms with van der Waals surface area (Å²) in [5.41, 5.74) is 2.09. The number of aliphatic carboxylic acids is 1. The number of aromatic nitrogens is 1. The van der Waals surface area contributed by atoms with Gasteiger partial charge in [0.15, 0.2) is 6.10 Å². The maximum absolute atomic E-state index is 11.7. The summed E-state index contributed by atoms with van der Waals surface area (Å²) in [6.07, 6.45) is 5.99. The molecule has 0 bridgehead atoms. The molecule has 0 aliphatic heterocycles. The average molecular weight is 537 g/mol. The highest BCUT2D eigenvalue weighted by atomic mass is 35.5. The zero-order valence-electron chi connectivity index (χ0n) is 18.7. The molecule has 3 N–H and O–H groups in total. The third kappa shape index (κ3) is 4.28. The molecule has 1 heterocycles. The van der Waals surface area contributed by atoms with E-state index in [1.165, 1.54) is 11.3 Å². The Bertz CT molecular complexity index is 1650. The highest BCUT2D eigenvalue weighted by molar-refractivity contribution is 7.18. The monoisotopic (exact) mass is 536 g/mol. The molecule has 5 aromatic rings. The van der Waals surface area contributed by atoms with Gasteiger partial charge in [0.2, 0.25) is 5.52 Å². The van der Waals surface area contributed by atoms with E-state index in [1.807, 2.05) is 72.8 Å². The lowest BCUT2D eigenvalue weighted by Crippen LogP contribution is -2.34. The van der Waals surface area contributed by atoms with E-state index < -0.39 is 12.1 Å². The van der Waals surface area contributed by atoms with Gasteiger partial charge in [0.25, 0.3) is 11.7 Å². The van der Waals surface area contributed by atoms with Crippen molar-refractivity contribution < 1.29 is 24.7 Å². The quantitative estimate of drug-likeness (QED) is 0.130. The van der Waals surface area contributed by atoms with Gasteiger partial charge in [0, 0.05) is 17.7 Å². The van der Waals surface area contributed by atoms with Crippen LogP contribution in [0.1, 0.15) is 22.2 Å². The van der Waals surface area contributed by atoms with Gasteiger partial charge in [0.05, 0.1) is 10.0 Å². The van der Waals surface area contributed by atoms with Crippen molar-refractivity contribution in [3.05, 3.63) is 99.0 Å². The first-order chi connectivity index (χ1) is 17.4. The van der Waals surface area contributed by atoms with Crippen molar-refractivity contribution in [2.45, 2.75) is 12.8 Å². The molecule has 8 heteroatoms. The van der Waals surface area contributed by atoms with Crippen molar-refractivity contribution in [1.82, 2.24) is 0 Å². The second-order valence-electron chi connectivity index (χ2n) is 8.12. The third-order valence-electron chi connectivity index (χ3n) is 6.05. The van der Waals surface area contributed by atoms with Crippen LogP contribution in [0.15, 0.2) is 72.8 Å². The van der Waals surface area contributed by atoms with E-state index in [9.17, 15) is 20.1 Å². The fourth-order valence-electron chi connectivity index (χ4n) is 4.45. The first-order valence-corrected chi connectivity index (χ1v) is 12.6. The lowest BCUT2D eigenvalue weighted by molar-refractivity contribution is -0.703. The molecule has 1 atom stereocenters. The Hall–Kier alpha value is -3.26. The Kier molecular flexibility index (Phi) is 6.79. The van der Waals surface area contributed by atoms with Gasteiger partial charge in [-0.1, -0.05) is 101 Å². The van der Waals surface area contributed by atoms with Crippen LogP contribution in [0.4, 0.5) is 0 Å². The Labute approximate surface area is 220 Å². The molecule has 0 radical (unpaired) electrons. The summed E-state index contributed by atoms with van der Waals surface area (Å²) >= 11 is 13.8. The first kappa shape index (κ1) is 24.4. The molecule has 0 saturated heterocycles. The van der Waals surface area contributed by atoms with Gasteiger partial charge in [-0.15, -0.1) is 0 Å². The zero-order chi connectivity index (χ0) is 25.4. The number of allylic oxidation sites excluding steroid dienone is 2. The van der Waals surface area contributed by atoms with E-state index in [1.54, 1.807) is 16.7 Å². The third-order valence-corrected chi connectivity index (χ3v) is 7.88. The zero-order valence-corrected chi connectivity index (χ0v) is 21.1. The largest absolute Gasteiger partial charge is 0.479 e. The molecule has 5 nitrogen and oxygen atoms in total. The van der Waals surface area contributed by atoms with Crippen LogP contribution in [0, 0.1) is 0 Å². The van der Waals surface area contributed by atoms with E-state index in [-0.39, 0.29) is 6.73 Å². The van der Waals surface area contributed by atoms with Crippen LogP contribution < -0.4 is 4.57 Å². The Balaban J connectivity index is 1.61. The molecule has 4 aromatic carbocycles. The van der Waals surface area contributed by atoms with Gasteiger partial charge in [-0.25, -0.2) is 4.79 Å². The van der Waals surface area contributed by atoms with Crippen LogP contribution in [0.2, 0.25) is 10.0 Å². The summed E-state index contributed by atoms with van der Waals surface area (Å²) in [6, 6.07) is 18.5. The molecule has 1 aromatic heterocycles. The SMILES string of the molecule is O=C(O)C(O)c1c2ccccc2c(C=CC=Cc2sc3cc(Cl)c(Cl)cc3[n+]2CO)c2ccccc12. The highest BCUT2D eigenvalue weighted by Gasteiger charge is 2.23. The number of fused-ring (bicyclic) bond motifs is 3. The van der Waals surface area contributed by atoms with Gasteiger partial charge in [-0.2, -0.15) is 4.57 Å². The highest BCUT2D eigenvalue weighted by Crippen LogP contribution is 2.37. The number of thiazole rings is 1. The molecular formula is C28H20Cl2NO4S+. The summed E-state index contributed by atoms with van der Waals surface area (Å²) in [5.74, 6) is -1.29. The van der Waals surface area contributed by atoms with Crippen LogP contribution >= 0.6 is 34.5 Å². The number of rotatable bonds is 6. The minimum absolute atomic E-state index is 0.204. The number of aliphatic hydroxyl groups excluding tert-OH is 2. The summed E-state index contributed by atoms with van der Waals surface area (Å²) in [5, 5.41) is 34.7. The van der Waals surface area contributed by atoms with Crippen molar-refractivity contribution in [2.24, 2.45) is 0 Å². The van der Waals surface area contributed by atoms with Crippen LogP contribution in [-0.2, 0) is 11.5 Å². The lowest BCUT2D eigenvalue weighted by atomic mass is 9.89. The van der Waals surface area contributed by atoms with E-state index >= 15 is 0 Å². The van der Waals surface area contributed by atoms with Gasteiger partial charge >= 0.3 is 5.97 Å². The van der Waals surface area contributed by atoms with Crippen molar-refractivity contribution in [1.29, 1.82) is 0 Å². The summed E-state index contributed by atoms with van der Waals surface area (Å²) in [4.78, 5) is 11.7. The van der Waals surface area contributed by atoms with Crippen LogP contribution in [0.25, 0.3) is 43.9 Å². The summed E-state index contributed by atoms with van der Waals surface area (Å²) < 4.78 is 2.66. The standard InChI is InChI=1S/C28H19Cl2NO4S/c29-21-13-23-24(14-22(21)30)36-25(31(23)15-32)12-6-5-7-16-17-8-1-3-10-19(17)26(27(33)28(34)35)20-11-4-2-9-18(16)20/h1-14,27,32-33H,15H2/p+1. The number of aliphatic hydroxyl groups is 2. The van der Waals surface area contributed by atoms with Crippen molar-refractivity contribution >= 4 is 84.4 Å². The fourth-order valence-corrected chi connectivity index (χ4v) is 5.93. The summed E-state index contributed by atoms with van der Waals surface area (Å²) in [6.45, 7) is -0.204. The summed E-state index contributed by atoms with van der Waals surface area (Å²) in [7, 11) is 0. The molecule has 0 amide bonds. The molecular weight excluding hydrogens is 517 g/mol. The second-order valence-corrected chi connectivity index (χ2v) is 10.00. The molecule has 5 rings (SSSR count). The number of benzene rings is 4. The van der Waals surface area contributed by atoms with E-state index in [0.29, 0.717) is 26.4 Å². The normalized spacial score (nSPS) is 13.0. The maximum Gasteiger partial charge on any atom is 0.337 e. The Morgan fingerprint density at radius 2 is 1.47 bits per heavy atom. The Morgan fingerprint density at radius 3 is 2.06 bits per heavy atom. The number of carboxylic acids is 1. The molecule has 0 spiro atoms. The van der Waals surface area contributed by atoms with Crippen LogP contribution in [-0.4, -0.2) is 21.3 Å². The molecule has 0 aliphatic rings. The van der Waals surface area contributed by atoms with Crippen molar-refractivity contribution in [3.8, 4) is 0 Å². The van der Waals surface area contributed by atoms with Gasteiger partial charge < -0.3 is 15.3 Å². The molecule has 0 saturated carbocycles. The molecule has 0 aliphatic carbocycles. The van der Waals surface area contributed by atoms with Crippen molar-refractivity contribution in [2.75, 3.05) is 0 Å². The molecule has 180 valence electrons.